The minimum Gasteiger partial charge on any atom is -0.508 e. The first-order valence-electron chi connectivity index (χ1n) is 5.48. The Morgan fingerprint density at radius 1 is 1.47 bits per heavy atom. The molecule has 0 aromatic heterocycles. The van der Waals surface area contributed by atoms with Crippen LogP contribution in [0.1, 0.15) is 13.3 Å². The number of hydrogen-bond donors (Lipinski definition) is 2. The Morgan fingerprint density at radius 2 is 2.16 bits per heavy atom. The van der Waals surface area contributed by atoms with Crippen LogP contribution in [0.25, 0.3) is 0 Å². The van der Waals surface area contributed by atoms with Gasteiger partial charge in [-0.2, -0.15) is 0 Å². The first-order chi connectivity index (χ1) is 8.84. The Balaban J connectivity index is 2.66. The van der Waals surface area contributed by atoms with Gasteiger partial charge in [-0.05, 0) is 19.1 Å². The number of sulfonamides is 1. The number of halogens is 1. The van der Waals surface area contributed by atoms with E-state index in [4.69, 9.17) is 16.7 Å². The number of carbonyl (C=O) groups is 1. The molecule has 0 aliphatic carbocycles. The van der Waals surface area contributed by atoms with E-state index < -0.39 is 21.7 Å². The number of anilines is 1. The second kappa shape index (κ2) is 6.63. The molecule has 6 nitrogen and oxygen atoms in total. The Labute approximate surface area is 116 Å². The summed E-state index contributed by atoms with van der Waals surface area (Å²) in [5.41, 5.74) is 0.142. The van der Waals surface area contributed by atoms with E-state index in [9.17, 15) is 13.2 Å². The largest absolute Gasteiger partial charge is 0.508 e. The van der Waals surface area contributed by atoms with Crippen molar-refractivity contribution in [2.75, 3.05) is 17.1 Å². The van der Waals surface area contributed by atoms with Crippen LogP contribution in [0.2, 0.25) is 5.02 Å². The fourth-order valence-corrected chi connectivity index (χ4v) is 2.58. The molecule has 0 heterocycles. The predicted octanol–water partition coefficient (Wildman–Crippen LogP) is 1.74. The van der Waals surface area contributed by atoms with Gasteiger partial charge < -0.3 is 9.84 Å². The van der Waals surface area contributed by atoms with Gasteiger partial charge in [-0.1, -0.05) is 11.6 Å². The number of ether oxygens (including phenoxy) is 1. The van der Waals surface area contributed by atoms with E-state index in [1.807, 2.05) is 0 Å². The quantitative estimate of drug-likeness (QED) is 0.617. The van der Waals surface area contributed by atoms with Crippen molar-refractivity contribution < 1.29 is 23.1 Å². The van der Waals surface area contributed by atoms with Crippen molar-refractivity contribution in [3.63, 3.8) is 0 Å². The number of rotatable bonds is 6. The van der Waals surface area contributed by atoms with E-state index >= 15 is 0 Å². The molecule has 0 atom stereocenters. The average Bonchev–Trinajstić information content (AvgIpc) is 2.31. The zero-order valence-corrected chi connectivity index (χ0v) is 11.8. The van der Waals surface area contributed by atoms with Crippen LogP contribution in [0.15, 0.2) is 18.2 Å². The van der Waals surface area contributed by atoms with Gasteiger partial charge in [0.05, 0.1) is 29.5 Å². The van der Waals surface area contributed by atoms with Gasteiger partial charge in [-0.3, -0.25) is 9.52 Å². The monoisotopic (exact) mass is 307 g/mol. The molecule has 1 aromatic rings. The molecule has 0 unspecified atom stereocenters. The molecular formula is C11H14ClNO5S. The van der Waals surface area contributed by atoms with E-state index in [0.29, 0.717) is 0 Å². The van der Waals surface area contributed by atoms with Crippen LogP contribution in [0, 0.1) is 0 Å². The standard InChI is InChI=1S/C11H14ClNO5S/c1-2-18-11(15)5-6-19(16,17)13-10-4-3-8(14)7-9(10)12/h3-4,7,13-14H,2,5-6H2,1H3. The number of benzene rings is 1. The van der Waals surface area contributed by atoms with E-state index in [-0.39, 0.29) is 29.5 Å². The minimum absolute atomic E-state index is 0.0692. The molecule has 1 rings (SSSR count). The predicted molar refractivity (Wildman–Crippen MR) is 71.8 cm³/mol. The van der Waals surface area contributed by atoms with Crippen LogP contribution in [0.4, 0.5) is 5.69 Å². The normalized spacial score (nSPS) is 11.1. The highest BCUT2D eigenvalue weighted by atomic mass is 35.5. The maximum absolute atomic E-state index is 11.7. The van der Waals surface area contributed by atoms with Gasteiger partial charge in [0.15, 0.2) is 0 Å². The van der Waals surface area contributed by atoms with E-state index in [1.165, 1.54) is 18.2 Å². The molecule has 0 radical (unpaired) electrons. The fraction of sp³-hybridized carbons (Fsp3) is 0.364. The Morgan fingerprint density at radius 3 is 2.74 bits per heavy atom. The number of hydrogen-bond acceptors (Lipinski definition) is 5. The summed E-state index contributed by atoms with van der Waals surface area (Å²) in [4.78, 5) is 11.1. The molecule has 0 spiro atoms. The maximum Gasteiger partial charge on any atom is 0.306 e. The lowest BCUT2D eigenvalue weighted by Crippen LogP contribution is -2.20. The molecule has 2 N–H and O–H groups in total. The molecule has 0 amide bonds. The van der Waals surface area contributed by atoms with Crippen LogP contribution in [-0.4, -0.2) is 31.9 Å². The summed E-state index contributed by atoms with van der Waals surface area (Å²) >= 11 is 5.77. The molecule has 19 heavy (non-hydrogen) atoms. The zero-order chi connectivity index (χ0) is 14.5. The third-order valence-electron chi connectivity index (χ3n) is 2.10. The van der Waals surface area contributed by atoms with E-state index in [1.54, 1.807) is 6.92 Å². The van der Waals surface area contributed by atoms with Crippen LogP contribution in [0.3, 0.4) is 0 Å². The summed E-state index contributed by atoms with van der Waals surface area (Å²) in [5, 5.41) is 9.22. The first kappa shape index (κ1) is 15.6. The molecule has 106 valence electrons. The topological polar surface area (TPSA) is 92.7 Å². The SMILES string of the molecule is CCOC(=O)CCS(=O)(=O)Nc1ccc(O)cc1Cl. The fourth-order valence-electron chi connectivity index (χ4n) is 1.26. The van der Waals surface area contributed by atoms with Crippen LogP contribution in [-0.2, 0) is 19.6 Å². The summed E-state index contributed by atoms with van der Waals surface area (Å²) in [6.45, 7) is 1.84. The molecule has 0 saturated carbocycles. The van der Waals surface area contributed by atoms with Gasteiger partial charge in [0.2, 0.25) is 10.0 Å². The highest BCUT2D eigenvalue weighted by molar-refractivity contribution is 7.92. The minimum atomic E-state index is -3.70. The summed E-state index contributed by atoms with van der Waals surface area (Å²) in [7, 11) is -3.70. The molecule has 0 fully saturated rings. The third-order valence-corrected chi connectivity index (χ3v) is 3.68. The highest BCUT2D eigenvalue weighted by Gasteiger charge is 2.15. The first-order valence-corrected chi connectivity index (χ1v) is 7.51. The Kier molecular flexibility index (Phi) is 5.44. The van der Waals surface area contributed by atoms with Crippen molar-refractivity contribution in [1.82, 2.24) is 0 Å². The number of esters is 1. The van der Waals surface area contributed by atoms with Crippen LogP contribution < -0.4 is 4.72 Å². The maximum atomic E-state index is 11.7. The van der Waals surface area contributed by atoms with Crippen LogP contribution in [0.5, 0.6) is 5.75 Å². The molecule has 0 saturated heterocycles. The lowest BCUT2D eigenvalue weighted by atomic mass is 10.3. The summed E-state index contributed by atoms with van der Waals surface area (Å²) in [6, 6.07) is 3.85. The lowest BCUT2D eigenvalue weighted by molar-refractivity contribution is -0.142. The molecular weight excluding hydrogens is 294 g/mol. The van der Waals surface area contributed by atoms with E-state index in [2.05, 4.69) is 9.46 Å². The number of carbonyl (C=O) groups excluding carboxylic acids is 1. The van der Waals surface area contributed by atoms with Crippen LogP contribution >= 0.6 is 11.6 Å². The Bertz CT molecular complexity index is 558. The summed E-state index contributed by atoms with van der Waals surface area (Å²) in [5.74, 6) is -1.05. The van der Waals surface area contributed by atoms with Crippen molar-refractivity contribution in [2.45, 2.75) is 13.3 Å². The van der Waals surface area contributed by atoms with Gasteiger partial charge in [0, 0.05) is 6.07 Å². The number of phenols is 1. The second-order valence-electron chi connectivity index (χ2n) is 3.64. The highest BCUT2D eigenvalue weighted by Crippen LogP contribution is 2.26. The van der Waals surface area contributed by atoms with Crippen molar-refractivity contribution >= 4 is 33.3 Å². The van der Waals surface area contributed by atoms with Gasteiger partial charge in [0.1, 0.15) is 5.75 Å². The molecule has 0 bridgehead atoms. The molecule has 0 aliphatic heterocycles. The van der Waals surface area contributed by atoms with E-state index in [0.717, 1.165) is 0 Å². The zero-order valence-electron chi connectivity index (χ0n) is 10.2. The van der Waals surface area contributed by atoms with Gasteiger partial charge in [-0.15, -0.1) is 0 Å². The summed E-state index contributed by atoms with van der Waals surface area (Å²) in [6.07, 6.45) is -0.237. The number of nitrogens with one attached hydrogen (secondary N) is 1. The molecule has 0 aliphatic rings. The van der Waals surface area contributed by atoms with Crippen molar-refractivity contribution in [3.8, 4) is 5.75 Å². The van der Waals surface area contributed by atoms with Gasteiger partial charge in [-0.25, -0.2) is 8.42 Å². The van der Waals surface area contributed by atoms with Crippen molar-refractivity contribution in [2.24, 2.45) is 0 Å². The molecule has 8 heteroatoms. The smallest absolute Gasteiger partial charge is 0.306 e. The summed E-state index contributed by atoms with van der Waals surface area (Å²) < 4.78 is 30.3. The molecule has 1 aromatic carbocycles. The third kappa shape index (κ3) is 5.35. The number of phenolic OH excluding ortho intramolecular Hbond substituents is 1. The number of aromatic hydroxyl groups is 1. The average molecular weight is 308 g/mol. The Hall–Kier alpha value is -1.47. The lowest BCUT2D eigenvalue weighted by Gasteiger charge is -2.09. The second-order valence-corrected chi connectivity index (χ2v) is 5.89. The van der Waals surface area contributed by atoms with Crippen molar-refractivity contribution in [1.29, 1.82) is 0 Å². The van der Waals surface area contributed by atoms with Crippen molar-refractivity contribution in [3.05, 3.63) is 23.2 Å². The van der Waals surface area contributed by atoms with Gasteiger partial charge >= 0.3 is 5.97 Å². The van der Waals surface area contributed by atoms with Gasteiger partial charge in [0.25, 0.3) is 0 Å².